The molecule has 1 aliphatic rings. The SMILES string of the molecule is COc1ccc(CCNC(=O)CCc2ccc(OC)c(OC3OC(C(=O)O)C(O)C(O)C3O)c2)cc1OC. The monoisotopic (exact) mass is 535 g/mol. The molecule has 1 heterocycles. The second kappa shape index (κ2) is 13.3. The fourth-order valence-corrected chi connectivity index (χ4v) is 3.97. The molecule has 1 amide bonds. The van der Waals surface area contributed by atoms with Crippen molar-refractivity contribution in [3.63, 3.8) is 0 Å². The number of hydrogen-bond donors (Lipinski definition) is 5. The number of aliphatic hydroxyl groups is 3. The Kier molecular flexibility index (Phi) is 10.1. The third-order valence-electron chi connectivity index (χ3n) is 6.11. The first kappa shape index (κ1) is 29.0. The first-order valence-electron chi connectivity index (χ1n) is 11.9. The highest BCUT2D eigenvalue weighted by Gasteiger charge is 2.48. The maximum atomic E-state index is 12.4. The summed E-state index contributed by atoms with van der Waals surface area (Å²) in [5.74, 6) is -0.0644. The smallest absolute Gasteiger partial charge is 0.335 e. The summed E-state index contributed by atoms with van der Waals surface area (Å²) in [6.07, 6.45) is -7.58. The lowest BCUT2D eigenvalue weighted by molar-refractivity contribution is -0.271. The number of aliphatic hydroxyl groups excluding tert-OH is 3. The number of amides is 1. The molecule has 12 nitrogen and oxygen atoms in total. The number of aliphatic carboxylic acids is 1. The largest absolute Gasteiger partial charge is 0.493 e. The number of carboxylic acid groups (broad SMARTS) is 1. The van der Waals surface area contributed by atoms with Gasteiger partial charge in [-0.25, -0.2) is 4.79 Å². The van der Waals surface area contributed by atoms with Crippen molar-refractivity contribution in [2.45, 2.75) is 50.0 Å². The second-order valence-corrected chi connectivity index (χ2v) is 8.63. The van der Waals surface area contributed by atoms with Gasteiger partial charge in [-0.15, -0.1) is 0 Å². The lowest BCUT2D eigenvalue weighted by Gasteiger charge is -2.38. The van der Waals surface area contributed by atoms with Crippen LogP contribution in [0.3, 0.4) is 0 Å². The van der Waals surface area contributed by atoms with Crippen molar-refractivity contribution in [1.29, 1.82) is 0 Å². The molecule has 0 spiro atoms. The molecule has 5 unspecified atom stereocenters. The number of benzene rings is 2. The second-order valence-electron chi connectivity index (χ2n) is 8.63. The number of hydrogen-bond acceptors (Lipinski definition) is 10. The van der Waals surface area contributed by atoms with Gasteiger partial charge >= 0.3 is 5.97 Å². The Morgan fingerprint density at radius 2 is 1.39 bits per heavy atom. The molecule has 5 N–H and O–H groups in total. The average Bonchev–Trinajstić information content (AvgIpc) is 2.91. The van der Waals surface area contributed by atoms with E-state index in [4.69, 9.17) is 23.7 Å². The summed E-state index contributed by atoms with van der Waals surface area (Å²) in [4.78, 5) is 23.7. The van der Waals surface area contributed by atoms with E-state index in [-0.39, 0.29) is 23.8 Å². The van der Waals surface area contributed by atoms with Gasteiger partial charge in [0.2, 0.25) is 12.2 Å². The molecule has 5 atom stereocenters. The molecule has 0 saturated carbocycles. The molecule has 0 aromatic heterocycles. The predicted molar refractivity (Wildman–Crippen MR) is 133 cm³/mol. The van der Waals surface area contributed by atoms with E-state index in [2.05, 4.69) is 5.32 Å². The fraction of sp³-hybridized carbons (Fsp3) is 0.462. The van der Waals surface area contributed by atoms with Crippen LogP contribution in [-0.2, 0) is 27.2 Å². The number of rotatable bonds is 12. The van der Waals surface area contributed by atoms with E-state index in [1.165, 1.54) is 7.11 Å². The maximum absolute atomic E-state index is 12.4. The number of nitrogens with one attached hydrogen (secondary N) is 1. The van der Waals surface area contributed by atoms with Gasteiger partial charge in [0, 0.05) is 13.0 Å². The zero-order valence-corrected chi connectivity index (χ0v) is 21.3. The van der Waals surface area contributed by atoms with Crippen molar-refractivity contribution >= 4 is 11.9 Å². The van der Waals surface area contributed by atoms with Crippen LogP contribution in [0.2, 0.25) is 0 Å². The Bertz CT molecular complexity index is 1110. The van der Waals surface area contributed by atoms with Crippen LogP contribution in [-0.4, -0.2) is 90.9 Å². The van der Waals surface area contributed by atoms with Crippen molar-refractivity contribution < 1.29 is 53.7 Å². The molecule has 2 aromatic carbocycles. The number of carboxylic acids is 1. The molecule has 1 aliphatic heterocycles. The van der Waals surface area contributed by atoms with Crippen LogP contribution in [0.4, 0.5) is 0 Å². The molecule has 0 aliphatic carbocycles. The van der Waals surface area contributed by atoms with E-state index in [0.29, 0.717) is 36.4 Å². The molecular weight excluding hydrogens is 502 g/mol. The van der Waals surface area contributed by atoms with Crippen LogP contribution < -0.4 is 24.3 Å². The van der Waals surface area contributed by atoms with Crippen molar-refractivity contribution in [3.8, 4) is 23.0 Å². The molecule has 38 heavy (non-hydrogen) atoms. The molecule has 1 saturated heterocycles. The quantitative estimate of drug-likeness (QED) is 0.253. The molecule has 1 fully saturated rings. The molecule has 0 bridgehead atoms. The Hall–Kier alpha value is -3.58. The molecular formula is C26H33NO11. The summed E-state index contributed by atoms with van der Waals surface area (Å²) in [5, 5.41) is 42.2. The van der Waals surface area contributed by atoms with E-state index in [1.54, 1.807) is 38.5 Å². The van der Waals surface area contributed by atoms with Gasteiger partial charge in [-0.05, 0) is 48.2 Å². The first-order chi connectivity index (χ1) is 18.2. The van der Waals surface area contributed by atoms with Gasteiger partial charge in [-0.1, -0.05) is 12.1 Å². The van der Waals surface area contributed by atoms with Gasteiger partial charge in [0.1, 0.15) is 18.3 Å². The summed E-state index contributed by atoms with van der Waals surface area (Å²) >= 11 is 0. The third kappa shape index (κ3) is 7.04. The van der Waals surface area contributed by atoms with Crippen LogP contribution in [0.25, 0.3) is 0 Å². The van der Waals surface area contributed by atoms with Crippen molar-refractivity contribution in [1.82, 2.24) is 5.32 Å². The third-order valence-corrected chi connectivity index (χ3v) is 6.11. The summed E-state index contributed by atoms with van der Waals surface area (Å²) in [6.45, 7) is 0.432. The van der Waals surface area contributed by atoms with Crippen molar-refractivity contribution in [2.75, 3.05) is 27.9 Å². The van der Waals surface area contributed by atoms with Gasteiger partial charge in [-0.2, -0.15) is 0 Å². The van der Waals surface area contributed by atoms with E-state index < -0.39 is 36.7 Å². The fourth-order valence-electron chi connectivity index (χ4n) is 3.97. The number of carbonyl (C=O) groups is 2. The maximum Gasteiger partial charge on any atom is 0.335 e. The van der Waals surface area contributed by atoms with Crippen LogP contribution in [0.15, 0.2) is 36.4 Å². The molecule has 0 radical (unpaired) electrons. The van der Waals surface area contributed by atoms with Gasteiger partial charge in [0.05, 0.1) is 21.3 Å². The molecule has 3 rings (SSSR count). The average molecular weight is 536 g/mol. The summed E-state index contributed by atoms with van der Waals surface area (Å²) in [7, 11) is 4.52. The van der Waals surface area contributed by atoms with Gasteiger partial charge in [0.25, 0.3) is 0 Å². The topological polar surface area (TPSA) is 173 Å². The number of methoxy groups -OCH3 is 3. The molecule has 12 heteroatoms. The van der Waals surface area contributed by atoms with Crippen molar-refractivity contribution in [3.05, 3.63) is 47.5 Å². The molecule has 208 valence electrons. The van der Waals surface area contributed by atoms with Crippen LogP contribution in [0, 0.1) is 0 Å². The highest BCUT2D eigenvalue weighted by molar-refractivity contribution is 5.76. The minimum Gasteiger partial charge on any atom is -0.493 e. The first-order valence-corrected chi connectivity index (χ1v) is 11.9. The summed E-state index contributed by atoms with van der Waals surface area (Å²) in [5.41, 5.74) is 1.69. The predicted octanol–water partition coefficient (Wildman–Crippen LogP) is 0.275. The van der Waals surface area contributed by atoms with Gasteiger partial charge in [0.15, 0.2) is 29.1 Å². The van der Waals surface area contributed by atoms with Crippen LogP contribution >= 0.6 is 0 Å². The van der Waals surface area contributed by atoms with Gasteiger partial charge < -0.3 is 49.4 Å². The Labute approximate surface area is 219 Å². The zero-order chi connectivity index (χ0) is 27.8. The number of carbonyl (C=O) groups excluding carboxylic acids is 1. The Balaban J connectivity index is 1.57. The normalized spacial score (nSPS) is 22.8. The van der Waals surface area contributed by atoms with Crippen molar-refractivity contribution in [2.24, 2.45) is 0 Å². The minimum atomic E-state index is -1.83. The van der Waals surface area contributed by atoms with E-state index in [1.807, 2.05) is 12.1 Å². The zero-order valence-electron chi connectivity index (χ0n) is 21.3. The highest BCUT2D eigenvalue weighted by Crippen LogP contribution is 2.32. The number of ether oxygens (including phenoxy) is 5. The Morgan fingerprint density at radius 3 is 2.00 bits per heavy atom. The number of aryl methyl sites for hydroxylation is 1. The van der Waals surface area contributed by atoms with Crippen LogP contribution in [0.1, 0.15) is 17.5 Å². The van der Waals surface area contributed by atoms with Crippen LogP contribution in [0.5, 0.6) is 23.0 Å². The molecule has 2 aromatic rings. The van der Waals surface area contributed by atoms with E-state index >= 15 is 0 Å². The van der Waals surface area contributed by atoms with E-state index in [9.17, 15) is 30.0 Å². The highest BCUT2D eigenvalue weighted by atomic mass is 16.7. The van der Waals surface area contributed by atoms with E-state index in [0.717, 1.165) is 5.56 Å². The minimum absolute atomic E-state index is 0.107. The lowest BCUT2D eigenvalue weighted by atomic mass is 9.99. The lowest BCUT2D eigenvalue weighted by Crippen LogP contribution is -2.61. The summed E-state index contributed by atoms with van der Waals surface area (Å²) in [6, 6.07) is 10.5. The summed E-state index contributed by atoms with van der Waals surface area (Å²) < 4.78 is 26.6. The van der Waals surface area contributed by atoms with Gasteiger partial charge in [-0.3, -0.25) is 4.79 Å². The Morgan fingerprint density at radius 1 is 0.816 bits per heavy atom. The standard InChI is InChI=1S/C26H33NO11/c1-34-16-7-5-15(12-18(16)36-3)10-11-27-20(28)9-6-14-4-8-17(35-2)19(13-14)37-26-23(31)21(29)22(30)24(38-26)25(32)33/h4-5,7-8,12-13,21-24,26,29-31H,6,9-11H2,1-3H3,(H,27,28)(H,32,33).